The standard InChI is InChI=1S/C41H57NO2/c1-24-18-29(25(2)27-20-31(38(4,5)6)36(43-16)32(21-27)39(7,8)9)35(42)30(19-24)26(3)28-22-33(40(10,11)12)37(44-17)34(23-28)41(13,14)15/h18-23H,2-3,42H2,1,4-17H3. The van der Waals surface area contributed by atoms with Gasteiger partial charge in [-0.25, -0.2) is 0 Å². The number of nitrogens with two attached hydrogens (primary N) is 1. The van der Waals surface area contributed by atoms with Crippen molar-refractivity contribution in [3.05, 3.63) is 99.6 Å². The highest BCUT2D eigenvalue weighted by molar-refractivity contribution is 5.93. The number of benzene rings is 3. The number of nitrogen functional groups attached to an aromatic ring is 1. The van der Waals surface area contributed by atoms with E-state index in [0.29, 0.717) is 5.69 Å². The van der Waals surface area contributed by atoms with Crippen molar-refractivity contribution in [3.8, 4) is 11.5 Å². The molecule has 0 amide bonds. The third kappa shape index (κ3) is 6.93. The summed E-state index contributed by atoms with van der Waals surface area (Å²) in [6, 6.07) is 13.2. The van der Waals surface area contributed by atoms with Gasteiger partial charge in [-0.3, -0.25) is 0 Å². The average molecular weight is 596 g/mol. The van der Waals surface area contributed by atoms with Gasteiger partial charge in [-0.1, -0.05) is 96.2 Å². The molecule has 238 valence electrons. The molecule has 0 fully saturated rings. The van der Waals surface area contributed by atoms with Gasteiger partial charge in [0.15, 0.2) is 0 Å². The highest BCUT2D eigenvalue weighted by atomic mass is 16.5. The van der Waals surface area contributed by atoms with Crippen molar-refractivity contribution >= 4 is 16.8 Å². The van der Waals surface area contributed by atoms with Gasteiger partial charge in [0.05, 0.1) is 14.2 Å². The number of hydrogen-bond donors (Lipinski definition) is 1. The number of anilines is 1. The Morgan fingerprint density at radius 2 is 0.773 bits per heavy atom. The molecule has 3 aromatic rings. The lowest BCUT2D eigenvalue weighted by Crippen LogP contribution is -2.20. The van der Waals surface area contributed by atoms with Crippen LogP contribution in [0.15, 0.2) is 49.6 Å². The Morgan fingerprint density at radius 1 is 0.523 bits per heavy atom. The molecule has 0 unspecified atom stereocenters. The van der Waals surface area contributed by atoms with Crippen LogP contribution in [0.2, 0.25) is 0 Å². The van der Waals surface area contributed by atoms with Crippen molar-refractivity contribution in [3.63, 3.8) is 0 Å². The fourth-order valence-electron chi connectivity index (χ4n) is 5.88. The molecule has 0 saturated carbocycles. The van der Waals surface area contributed by atoms with Crippen LogP contribution in [0.3, 0.4) is 0 Å². The van der Waals surface area contributed by atoms with Crippen LogP contribution in [-0.2, 0) is 21.7 Å². The Balaban J connectivity index is 2.30. The Bertz CT molecular complexity index is 1400. The third-order valence-electron chi connectivity index (χ3n) is 8.49. The predicted octanol–water partition coefficient (Wildman–Crippen LogP) is 10.9. The summed E-state index contributed by atoms with van der Waals surface area (Å²) >= 11 is 0. The maximum atomic E-state index is 7.07. The lowest BCUT2D eigenvalue weighted by molar-refractivity contribution is 0.381. The van der Waals surface area contributed by atoms with Gasteiger partial charge >= 0.3 is 0 Å². The first kappa shape index (κ1) is 35.0. The van der Waals surface area contributed by atoms with E-state index in [9.17, 15) is 0 Å². The highest BCUT2D eigenvalue weighted by Gasteiger charge is 2.30. The number of aryl methyl sites for hydroxylation is 1. The van der Waals surface area contributed by atoms with Crippen LogP contribution in [0.25, 0.3) is 11.1 Å². The molecular formula is C41H57NO2. The molecule has 0 saturated heterocycles. The molecule has 0 atom stereocenters. The first-order valence-corrected chi connectivity index (χ1v) is 15.7. The van der Waals surface area contributed by atoms with Crippen LogP contribution in [0.4, 0.5) is 5.69 Å². The van der Waals surface area contributed by atoms with Gasteiger partial charge in [0.1, 0.15) is 11.5 Å². The lowest BCUT2D eigenvalue weighted by Gasteiger charge is -2.31. The molecule has 0 radical (unpaired) electrons. The van der Waals surface area contributed by atoms with Crippen LogP contribution in [-0.4, -0.2) is 14.2 Å². The molecule has 44 heavy (non-hydrogen) atoms. The van der Waals surface area contributed by atoms with E-state index in [1.54, 1.807) is 14.2 Å². The van der Waals surface area contributed by atoms with Gasteiger partial charge in [0.2, 0.25) is 0 Å². The van der Waals surface area contributed by atoms with Crippen molar-refractivity contribution < 1.29 is 9.47 Å². The smallest absolute Gasteiger partial charge is 0.126 e. The van der Waals surface area contributed by atoms with Gasteiger partial charge in [-0.2, -0.15) is 0 Å². The minimum atomic E-state index is -0.122. The summed E-state index contributed by atoms with van der Waals surface area (Å²) in [5.74, 6) is 1.88. The van der Waals surface area contributed by atoms with Crippen LogP contribution < -0.4 is 15.2 Å². The molecule has 0 heterocycles. The molecule has 0 aromatic heterocycles. The molecule has 3 aromatic carbocycles. The molecular weight excluding hydrogens is 538 g/mol. The van der Waals surface area contributed by atoms with Gasteiger partial charge in [0, 0.05) is 39.1 Å². The lowest BCUT2D eigenvalue weighted by atomic mass is 9.76. The number of methoxy groups -OCH3 is 2. The van der Waals surface area contributed by atoms with E-state index in [-0.39, 0.29) is 21.7 Å². The van der Waals surface area contributed by atoms with Crippen LogP contribution in [0.1, 0.15) is 133 Å². The summed E-state index contributed by atoms with van der Waals surface area (Å²) in [5, 5.41) is 0. The van der Waals surface area contributed by atoms with Gasteiger partial charge < -0.3 is 15.2 Å². The zero-order chi connectivity index (χ0) is 33.7. The second kappa shape index (κ2) is 11.8. The highest BCUT2D eigenvalue weighted by Crippen LogP contribution is 2.45. The van der Waals surface area contributed by atoms with Crippen molar-refractivity contribution in [2.24, 2.45) is 0 Å². The first-order valence-electron chi connectivity index (χ1n) is 15.7. The average Bonchev–Trinajstić information content (AvgIpc) is 2.89. The van der Waals surface area contributed by atoms with Crippen LogP contribution in [0, 0.1) is 6.92 Å². The monoisotopic (exact) mass is 595 g/mol. The van der Waals surface area contributed by atoms with Gasteiger partial charge in [-0.05, 0) is 92.8 Å². The normalized spacial score (nSPS) is 12.7. The molecule has 3 rings (SSSR count). The van der Waals surface area contributed by atoms with Crippen molar-refractivity contribution in [2.75, 3.05) is 20.0 Å². The summed E-state index contributed by atoms with van der Waals surface area (Å²) in [4.78, 5) is 0. The fourth-order valence-corrected chi connectivity index (χ4v) is 5.88. The number of rotatable bonds is 6. The fraction of sp³-hybridized carbons (Fsp3) is 0.463. The first-order chi connectivity index (χ1) is 19.9. The number of hydrogen-bond acceptors (Lipinski definition) is 3. The molecule has 0 aliphatic heterocycles. The second-order valence-corrected chi connectivity index (χ2v) is 16.4. The molecule has 0 aliphatic carbocycles. The molecule has 3 nitrogen and oxygen atoms in total. The van der Waals surface area contributed by atoms with Crippen molar-refractivity contribution in [1.29, 1.82) is 0 Å². The molecule has 0 aliphatic rings. The largest absolute Gasteiger partial charge is 0.496 e. The summed E-state index contributed by atoms with van der Waals surface area (Å²) in [6.07, 6.45) is 0. The molecule has 2 N–H and O–H groups in total. The van der Waals surface area contributed by atoms with Crippen molar-refractivity contribution in [1.82, 2.24) is 0 Å². The van der Waals surface area contributed by atoms with E-state index < -0.39 is 0 Å². The zero-order valence-corrected chi connectivity index (χ0v) is 30.3. The molecule has 0 bridgehead atoms. The Hall–Kier alpha value is -3.46. The predicted molar refractivity (Wildman–Crippen MR) is 193 cm³/mol. The maximum absolute atomic E-state index is 7.07. The number of ether oxygens (including phenoxy) is 2. The van der Waals surface area contributed by atoms with E-state index in [0.717, 1.165) is 72.7 Å². The third-order valence-corrected chi connectivity index (χ3v) is 8.49. The molecule has 0 spiro atoms. The summed E-state index contributed by atoms with van der Waals surface area (Å²) in [6.45, 7) is 38.0. The maximum Gasteiger partial charge on any atom is 0.126 e. The summed E-state index contributed by atoms with van der Waals surface area (Å²) < 4.78 is 12.0. The zero-order valence-electron chi connectivity index (χ0n) is 30.3. The van der Waals surface area contributed by atoms with E-state index in [1.165, 1.54) is 0 Å². The van der Waals surface area contributed by atoms with Crippen molar-refractivity contribution in [2.45, 2.75) is 112 Å². The Morgan fingerprint density at radius 3 is 0.977 bits per heavy atom. The van der Waals surface area contributed by atoms with Gasteiger partial charge in [0.25, 0.3) is 0 Å². The Kier molecular flexibility index (Phi) is 9.40. The SMILES string of the molecule is C=C(c1cc(C(C)(C)C)c(OC)c(C(C)(C)C)c1)c1cc(C)cc(C(=C)c2cc(C(C)(C)C)c(OC)c(C(C)(C)C)c2)c1N. The van der Waals surface area contributed by atoms with E-state index in [4.69, 9.17) is 15.2 Å². The van der Waals surface area contributed by atoms with Gasteiger partial charge in [-0.15, -0.1) is 0 Å². The van der Waals surface area contributed by atoms with E-state index in [2.05, 4.69) is 140 Å². The minimum Gasteiger partial charge on any atom is -0.496 e. The van der Waals surface area contributed by atoms with Crippen LogP contribution >= 0.6 is 0 Å². The quantitative estimate of drug-likeness (QED) is 0.288. The summed E-state index contributed by atoms with van der Waals surface area (Å²) in [7, 11) is 3.53. The second-order valence-electron chi connectivity index (χ2n) is 16.4. The minimum absolute atomic E-state index is 0.122. The molecule has 3 heteroatoms. The Labute approximate surface area is 268 Å². The van der Waals surface area contributed by atoms with E-state index in [1.807, 2.05) is 0 Å². The van der Waals surface area contributed by atoms with E-state index >= 15 is 0 Å². The topological polar surface area (TPSA) is 44.5 Å². The van der Waals surface area contributed by atoms with Crippen LogP contribution in [0.5, 0.6) is 11.5 Å². The summed E-state index contributed by atoms with van der Waals surface area (Å²) in [5.41, 5.74) is 18.7.